The summed E-state index contributed by atoms with van der Waals surface area (Å²) in [4.78, 5) is 32.9. The second kappa shape index (κ2) is 6.16. The molecule has 3 aromatic heterocycles. The van der Waals surface area contributed by atoms with Gasteiger partial charge < -0.3 is 9.88 Å². The maximum absolute atomic E-state index is 12.4. The lowest BCUT2D eigenvalue weighted by atomic mass is 10.3. The van der Waals surface area contributed by atoms with E-state index < -0.39 is 5.91 Å². The summed E-state index contributed by atoms with van der Waals surface area (Å²) >= 11 is 3.20. The molecule has 0 saturated carbocycles. The molecule has 124 valence electrons. The summed E-state index contributed by atoms with van der Waals surface area (Å²) in [7, 11) is 0. The van der Waals surface area contributed by atoms with Crippen LogP contribution in [0.1, 0.15) is 28.9 Å². The molecule has 1 amide bonds. The molecule has 0 spiro atoms. The molecule has 8 nitrogen and oxygen atoms in total. The van der Waals surface area contributed by atoms with Crippen LogP contribution in [-0.4, -0.2) is 30.1 Å². The molecule has 0 atom stereocenters. The number of pyridine rings is 1. The van der Waals surface area contributed by atoms with E-state index in [4.69, 9.17) is 0 Å². The number of hydrogen-bond donors (Lipinski definition) is 1. The highest BCUT2D eigenvalue weighted by Gasteiger charge is 2.17. The van der Waals surface area contributed by atoms with Gasteiger partial charge in [-0.3, -0.25) is 9.59 Å². The van der Waals surface area contributed by atoms with Gasteiger partial charge in [0.25, 0.3) is 11.7 Å². The highest BCUT2D eigenvalue weighted by Crippen LogP contribution is 2.11. The van der Waals surface area contributed by atoms with Crippen molar-refractivity contribution in [2.45, 2.75) is 27.3 Å². The third-order valence-electron chi connectivity index (χ3n) is 3.47. The van der Waals surface area contributed by atoms with E-state index in [2.05, 4.69) is 36.3 Å². The third-order valence-corrected chi connectivity index (χ3v) is 4.04. The van der Waals surface area contributed by atoms with Gasteiger partial charge in [-0.2, -0.15) is 4.98 Å². The summed E-state index contributed by atoms with van der Waals surface area (Å²) in [6.45, 7) is 6.29. The number of hydrogen-bond acceptors (Lipinski definition) is 5. The van der Waals surface area contributed by atoms with Crippen LogP contribution in [0, 0.1) is 13.8 Å². The number of amides is 1. The second-order valence-electron chi connectivity index (χ2n) is 5.32. The van der Waals surface area contributed by atoms with Crippen LogP contribution in [0.3, 0.4) is 0 Å². The molecule has 0 unspecified atom stereocenters. The van der Waals surface area contributed by atoms with Gasteiger partial charge in [0.1, 0.15) is 5.69 Å². The fraction of sp³-hybridized carbons (Fsp3) is 0.267. The average molecular weight is 391 g/mol. The number of fused-ring (bicyclic) bond motifs is 1. The van der Waals surface area contributed by atoms with Crippen LogP contribution in [0.25, 0.3) is 5.78 Å². The van der Waals surface area contributed by atoms with Gasteiger partial charge in [0.2, 0.25) is 11.3 Å². The largest absolute Gasteiger partial charge is 0.351 e. The first kappa shape index (κ1) is 16.3. The maximum Gasteiger partial charge on any atom is 0.295 e. The summed E-state index contributed by atoms with van der Waals surface area (Å²) < 4.78 is 3.65. The Labute approximate surface area is 145 Å². The van der Waals surface area contributed by atoms with Crippen LogP contribution < -0.4 is 10.7 Å². The van der Waals surface area contributed by atoms with Gasteiger partial charge in [-0.25, -0.2) is 9.50 Å². The fourth-order valence-corrected chi connectivity index (χ4v) is 2.78. The smallest absolute Gasteiger partial charge is 0.295 e. The molecule has 9 heteroatoms. The van der Waals surface area contributed by atoms with Crippen LogP contribution >= 0.6 is 15.9 Å². The fourth-order valence-electron chi connectivity index (χ4n) is 2.31. The minimum absolute atomic E-state index is 0.0429. The van der Waals surface area contributed by atoms with Crippen molar-refractivity contribution in [3.8, 4) is 0 Å². The molecule has 3 rings (SSSR count). The first-order valence-corrected chi connectivity index (χ1v) is 8.10. The molecule has 24 heavy (non-hydrogen) atoms. The van der Waals surface area contributed by atoms with E-state index in [1.165, 1.54) is 4.52 Å². The minimum Gasteiger partial charge on any atom is -0.351 e. The lowest BCUT2D eigenvalue weighted by molar-refractivity contribution is 0.101. The van der Waals surface area contributed by atoms with Crippen molar-refractivity contribution in [1.82, 2.24) is 24.1 Å². The van der Waals surface area contributed by atoms with Crippen LogP contribution in [0.5, 0.6) is 0 Å². The Morgan fingerprint density at radius 2 is 2.04 bits per heavy atom. The Morgan fingerprint density at radius 1 is 1.29 bits per heavy atom. The van der Waals surface area contributed by atoms with E-state index in [-0.39, 0.29) is 16.9 Å². The summed E-state index contributed by atoms with van der Waals surface area (Å²) in [6.07, 6.45) is 3.24. The topological polar surface area (TPSA) is 94.2 Å². The van der Waals surface area contributed by atoms with Crippen molar-refractivity contribution < 1.29 is 4.79 Å². The van der Waals surface area contributed by atoms with Gasteiger partial charge >= 0.3 is 0 Å². The Bertz CT molecular complexity index is 1010. The highest BCUT2D eigenvalue weighted by atomic mass is 79.9. The monoisotopic (exact) mass is 390 g/mol. The zero-order valence-electron chi connectivity index (χ0n) is 13.4. The Kier molecular flexibility index (Phi) is 4.18. The number of aromatic nitrogens is 5. The Morgan fingerprint density at radius 3 is 2.75 bits per heavy atom. The van der Waals surface area contributed by atoms with E-state index in [1.807, 2.05) is 26.8 Å². The summed E-state index contributed by atoms with van der Waals surface area (Å²) in [6, 6.07) is 1.84. The number of anilines is 1. The quantitative estimate of drug-likeness (QED) is 0.737. The summed E-state index contributed by atoms with van der Waals surface area (Å²) in [5, 5.41) is 6.72. The number of carbonyl (C=O) groups excluding carboxylic acids is 1. The Hall–Kier alpha value is -2.55. The van der Waals surface area contributed by atoms with Crippen molar-refractivity contribution in [2.75, 3.05) is 5.32 Å². The molecule has 0 radical (unpaired) electrons. The summed E-state index contributed by atoms with van der Waals surface area (Å²) in [5.41, 5.74) is 1.47. The van der Waals surface area contributed by atoms with Gasteiger partial charge in [0.15, 0.2) is 0 Å². The lowest BCUT2D eigenvalue weighted by Crippen LogP contribution is -2.21. The van der Waals surface area contributed by atoms with E-state index in [1.54, 1.807) is 17.0 Å². The van der Waals surface area contributed by atoms with E-state index >= 15 is 0 Å². The molecular weight excluding hydrogens is 376 g/mol. The molecular formula is C15H15BrN6O2. The molecule has 0 aliphatic carbocycles. The summed E-state index contributed by atoms with van der Waals surface area (Å²) in [5.74, 6) is -0.258. The number of nitrogens with zero attached hydrogens (tertiary/aromatic N) is 5. The van der Waals surface area contributed by atoms with E-state index in [9.17, 15) is 9.59 Å². The van der Waals surface area contributed by atoms with Crippen molar-refractivity contribution in [3.05, 3.63) is 50.4 Å². The first-order chi connectivity index (χ1) is 11.4. The molecule has 0 aromatic carbocycles. The minimum atomic E-state index is -0.560. The van der Waals surface area contributed by atoms with Crippen LogP contribution in [0.15, 0.2) is 27.7 Å². The van der Waals surface area contributed by atoms with Crippen LogP contribution in [0.4, 0.5) is 5.69 Å². The van der Waals surface area contributed by atoms with Crippen molar-refractivity contribution in [1.29, 1.82) is 0 Å². The predicted molar refractivity (Wildman–Crippen MR) is 92.3 cm³/mol. The van der Waals surface area contributed by atoms with Gasteiger partial charge in [-0.1, -0.05) is 0 Å². The van der Waals surface area contributed by atoms with E-state index in [0.717, 1.165) is 11.4 Å². The molecule has 3 aromatic rings. The third kappa shape index (κ3) is 2.94. The van der Waals surface area contributed by atoms with Gasteiger partial charge in [-0.15, -0.1) is 5.10 Å². The molecule has 0 fully saturated rings. The van der Waals surface area contributed by atoms with Gasteiger partial charge in [-0.05, 0) is 42.8 Å². The zero-order valence-corrected chi connectivity index (χ0v) is 15.0. The number of aryl methyl sites for hydroxylation is 3. The lowest BCUT2D eigenvalue weighted by Gasteiger charge is -2.07. The van der Waals surface area contributed by atoms with Crippen molar-refractivity contribution in [3.63, 3.8) is 0 Å². The van der Waals surface area contributed by atoms with E-state index in [0.29, 0.717) is 16.8 Å². The first-order valence-electron chi connectivity index (χ1n) is 7.31. The predicted octanol–water partition coefficient (Wildman–Crippen LogP) is 1.94. The number of rotatable bonds is 3. The van der Waals surface area contributed by atoms with Crippen molar-refractivity contribution in [2.24, 2.45) is 0 Å². The SMILES string of the molecule is CCn1cc(Br)c(=O)c(NC(=O)c2nc3nc(C)cc(C)n3n2)c1. The maximum atomic E-state index is 12.4. The van der Waals surface area contributed by atoms with Crippen molar-refractivity contribution >= 4 is 33.3 Å². The number of carbonyl (C=O) groups is 1. The van der Waals surface area contributed by atoms with Gasteiger partial charge in [0, 0.05) is 30.3 Å². The normalized spacial score (nSPS) is 11.0. The standard InChI is InChI=1S/C15H15BrN6O2/c1-4-21-6-10(16)12(23)11(7-21)18-14(24)13-19-15-17-8(2)5-9(3)22(15)20-13/h5-7H,4H2,1-3H3,(H,18,24). The zero-order chi connectivity index (χ0) is 17.4. The molecule has 1 N–H and O–H groups in total. The Balaban J connectivity index is 1.97. The van der Waals surface area contributed by atoms with Crippen LogP contribution in [0.2, 0.25) is 0 Å². The molecule has 0 bridgehead atoms. The molecule has 3 heterocycles. The average Bonchev–Trinajstić information content (AvgIpc) is 2.95. The molecule has 0 saturated heterocycles. The second-order valence-corrected chi connectivity index (χ2v) is 6.17. The molecule has 0 aliphatic rings. The van der Waals surface area contributed by atoms with Gasteiger partial charge in [0.05, 0.1) is 4.47 Å². The van der Waals surface area contributed by atoms with Crippen LogP contribution in [-0.2, 0) is 6.54 Å². The number of nitrogens with one attached hydrogen (secondary N) is 1. The number of halogens is 1. The molecule has 0 aliphatic heterocycles. The highest BCUT2D eigenvalue weighted by molar-refractivity contribution is 9.10.